The van der Waals surface area contributed by atoms with Gasteiger partial charge in [-0.1, -0.05) is 50.6 Å². The van der Waals surface area contributed by atoms with Gasteiger partial charge in [-0.2, -0.15) is 0 Å². The molecule has 2 heterocycles. The van der Waals surface area contributed by atoms with Crippen molar-refractivity contribution in [2.75, 3.05) is 13.2 Å². The number of fused-ring (bicyclic) bond motifs is 1. The third-order valence-electron chi connectivity index (χ3n) is 6.10. The van der Waals surface area contributed by atoms with E-state index in [9.17, 15) is 14.7 Å². The molecule has 172 valence electrons. The van der Waals surface area contributed by atoms with E-state index >= 15 is 0 Å². The largest absolute Gasteiger partial charge is 0.507 e. The summed E-state index contributed by atoms with van der Waals surface area (Å²) in [6.45, 7) is 5.07. The average Bonchev–Trinajstić information content (AvgIpc) is 3.29. The number of likely N-dealkylation sites (tertiary alicyclic amines) is 1. The van der Waals surface area contributed by atoms with Crippen LogP contribution >= 0.6 is 0 Å². The van der Waals surface area contributed by atoms with Crippen LogP contribution in [0.5, 0.6) is 5.75 Å². The number of ketones is 1. The van der Waals surface area contributed by atoms with Crippen LogP contribution in [-0.2, 0) is 16.6 Å². The van der Waals surface area contributed by atoms with E-state index in [0.29, 0.717) is 24.5 Å². The Kier molecular flexibility index (Phi) is 6.54. The van der Waals surface area contributed by atoms with E-state index < -0.39 is 17.7 Å². The maximum absolute atomic E-state index is 13.2. The van der Waals surface area contributed by atoms with Crippen molar-refractivity contribution in [1.82, 2.24) is 9.47 Å². The maximum atomic E-state index is 13.2. The molecule has 1 aromatic heterocycles. The highest BCUT2D eigenvalue weighted by molar-refractivity contribution is 6.46. The molecular formula is C27H30N2O4. The average molecular weight is 447 g/mol. The maximum Gasteiger partial charge on any atom is 0.295 e. The molecular weight excluding hydrogens is 416 g/mol. The fourth-order valence-electron chi connectivity index (χ4n) is 4.46. The zero-order valence-electron chi connectivity index (χ0n) is 19.4. The highest BCUT2D eigenvalue weighted by Gasteiger charge is 2.46. The van der Waals surface area contributed by atoms with E-state index in [-0.39, 0.29) is 11.3 Å². The topological polar surface area (TPSA) is 71.8 Å². The number of nitrogens with zero attached hydrogens (tertiary/aromatic N) is 2. The van der Waals surface area contributed by atoms with E-state index in [2.05, 4.69) is 0 Å². The molecule has 1 saturated heterocycles. The number of hydrogen-bond acceptors (Lipinski definition) is 4. The summed E-state index contributed by atoms with van der Waals surface area (Å²) in [5.74, 6) is -0.780. The Bertz CT molecular complexity index is 1220. The molecule has 4 rings (SSSR count). The number of aliphatic hydroxyl groups excluding tert-OH is 1. The number of Topliss-reactive ketones (excluding diaryl/α,β-unsaturated/α-hetero) is 1. The number of amides is 1. The van der Waals surface area contributed by atoms with Gasteiger partial charge in [0.2, 0.25) is 0 Å². The van der Waals surface area contributed by atoms with Crippen LogP contribution in [0.4, 0.5) is 0 Å². The van der Waals surface area contributed by atoms with Gasteiger partial charge < -0.3 is 19.3 Å². The van der Waals surface area contributed by atoms with Gasteiger partial charge in [-0.25, -0.2) is 0 Å². The van der Waals surface area contributed by atoms with Gasteiger partial charge >= 0.3 is 0 Å². The molecule has 1 amide bonds. The van der Waals surface area contributed by atoms with Gasteiger partial charge in [0.1, 0.15) is 11.5 Å². The SMILES string of the molecule is CCCCN1C(=O)C(=O)/C(=C(/O)c2cccc(OCCC)c2)C1c1cn(C)c2ccccc12. The second-order valence-electron chi connectivity index (χ2n) is 8.43. The highest BCUT2D eigenvalue weighted by Crippen LogP contribution is 2.42. The van der Waals surface area contributed by atoms with Crippen molar-refractivity contribution in [3.63, 3.8) is 0 Å². The summed E-state index contributed by atoms with van der Waals surface area (Å²) in [6.07, 6.45) is 4.48. The zero-order valence-corrected chi connectivity index (χ0v) is 19.4. The molecule has 1 unspecified atom stereocenters. The summed E-state index contributed by atoms with van der Waals surface area (Å²) < 4.78 is 7.69. The van der Waals surface area contributed by atoms with Crippen molar-refractivity contribution in [1.29, 1.82) is 0 Å². The molecule has 1 atom stereocenters. The summed E-state index contributed by atoms with van der Waals surface area (Å²) in [5.41, 5.74) is 2.43. The number of aryl methyl sites for hydroxylation is 1. The van der Waals surface area contributed by atoms with E-state index in [0.717, 1.165) is 35.7 Å². The first kappa shape index (κ1) is 22.6. The molecule has 1 aliphatic heterocycles. The van der Waals surface area contributed by atoms with Crippen molar-refractivity contribution in [2.24, 2.45) is 7.05 Å². The van der Waals surface area contributed by atoms with Crippen LogP contribution in [0.25, 0.3) is 16.7 Å². The number of carbonyl (C=O) groups excluding carboxylic acids is 2. The number of hydrogen-bond donors (Lipinski definition) is 1. The lowest BCUT2D eigenvalue weighted by molar-refractivity contribution is -0.139. The summed E-state index contributed by atoms with van der Waals surface area (Å²) >= 11 is 0. The Morgan fingerprint density at radius 1 is 1.06 bits per heavy atom. The minimum Gasteiger partial charge on any atom is -0.507 e. The monoisotopic (exact) mass is 446 g/mol. The molecule has 1 fully saturated rings. The van der Waals surface area contributed by atoms with Gasteiger partial charge in [0.15, 0.2) is 0 Å². The Labute approximate surface area is 194 Å². The number of para-hydroxylation sites is 1. The van der Waals surface area contributed by atoms with Gasteiger partial charge in [0.25, 0.3) is 11.7 Å². The molecule has 3 aromatic rings. The third kappa shape index (κ3) is 4.13. The van der Waals surface area contributed by atoms with Crippen LogP contribution in [0.2, 0.25) is 0 Å². The van der Waals surface area contributed by atoms with Crippen molar-refractivity contribution >= 4 is 28.4 Å². The molecule has 1 aliphatic rings. The van der Waals surface area contributed by atoms with Crippen molar-refractivity contribution in [2.45, 2.75) is 39.2 Å². The van der Waals surface area contributed by atoms with Crippen LogP contribution in [0.15, 0.2) is 60.3 Å². The lowest BCUT2D eigenvalue weighted by Gasteiger charge is -2.24. The number of rotatable bonds is 8. The quantitative estimate of drug-likeness (QED) is 0.294. The van der Waals surface area contributed by atoms with Crippen LogP contribution in [0.1, 0.15) is 50.3 Å². The molecule has 33 heavy (non-hydrogen) atoms. The first-order valence-corrected chi connectivity index (χ1v) is 11.5. The third-order valence-corrected chi connectivity index (χ3v) is 6.10. The van der Waals surface area contributed by atoms with Crippen molar-refractivity contribution in [3.8, 4) is 5.75 Å². The van der Waals surface area contributed by atoms with Gasteiger partial charge in [-0.3, -0.25) is 9.59 Å². The molecule has 6 nitrogen and oxygen atoms in total. The molecule has 1 N–H and O–H groups in total. The molecule has 0 bridgehead atoms. The Morgan fingerprint density at radius 3 is 2.61 bits per heavy atom. The predicted octanol–water partition coefficient (Wildman–Crippen LogP) is 5.19. The van der Waals surface area contributed by atoms with Crippen LogP contribution in [0.3, 0.4) is 0 Å². The normalized spacial score (nSPS) is 17.8. The molecule has 0 aliphatic carbocycles. The highest BCUT2D eigenvalue weighted by atomic mass is 16.5. The van der Waals surface area contributed by atoms with Crippen LogP contribution < -0.4 is 4.74 Å². The zero-order chi connectivity index (χ0) is 23.5. The number of carbonyl (C=O) groups is 2. The van der Waals surface area contributed by atoms with Crippen molar-refractivity contribution < 1.29 is 19.4 Å². The van der Waals surface area contributed by atoms with Gasteiger partial charge in [-0.05, 0) is 31.0 Å². The fourth-order valence-corrected chi connectivity index (χ4v) is 4.46. The number of aliphatic hydroxyl groups is 1. The lowest BCUT2D eigenvalue weighted by atomic mass is 9.95. The second kappa shape index (κ2) is 9.53. The van der Waals surface area contributed by atoms with E-state index in [1.54, 1.807) is 23.1 Å². The summed E-state index contributed by atoms with van der Waals surface area (Å²) in [4.78, 5) is 27.9. The first-order chi connectivity index (χ1) is 16.0. The van der Waals surface area contributed by atoms with Gasteiger partial charge in [0.05, 0.1) is 18.2 Å². The minimum atomic E-state index is -0.651. The predicted molar refractivity (Wildman–Crippen MR) is 129 cm³/mol. The Balaban J connectivity index is 1.89. The molecule has 0 spiro atoms. The Morgan fingerprint density at radius 2 is 1.85 bits per heavy atom. The van der Waals surface area contributed by atoms with Crippen LogP contribution in [-0.4, -0.2) is 39.4 Å². The minimum absolute atomic E-state index is 0.125. The lowest BCUT2D eigenvalue weighted by Crippen LogP contribution is -2.30. The first-order valence-electron chi connectivity index (χ1n) is 11.5. The van der Waals surface area contributed by atoms with E-state index in [1.807, 2.05) is 62.0 Å². The molecule has 2 aromatic carbocycles. The van der Waals surface area contributed by atoms with Crippen LogP contribution in [0, 0.1) is 0 Å². The molecule has 6 heteroatoms. The summed E-state index contributed by atoms with van der Waals surface area (Å²) in [6, 6.07) is 14.3. The van der Waals surface area contributed by atoms with Crippen molar-refractivity contribution in [3.05, 3.63) is 71.4 Å². The second-order valence-corrected chi connectivity index (χ2v) is 8.43. The number of benzene rings is 2. The smallest absolute Gasteiger partial charge is 0.295 e. The van der Waals surface area contributed by atoms with Gasteiger partial charge in [0, 0.05) is 41.8 Å². The van der Waals surface area contributed by atoms with E-state index in [4.69, 9.17) is 4.74 Å². The number of aromatic nitrogens is 1. The van der Waals surface area contributed by atoms with E-state index in [1.165, 1.54) is 0 Å². The standard InChI is InChI=1S/C27H30N2O4/c1-4-6-14-29-24(21-17-28(3)22-13-8-7-12-20(21)22)23(26(31)27(29)32)25(30)18-10-9-11-19(16-18)33-15-5-2/h7-13,16-17,24,30H,4-6,14-15H2,1-3H3/b25-23+. The molecule has 0 radical (unpaired) electrons. The van der Waals surface area contributed by atoms with Gasteiger partial charge in [-0.15, -0.1) is 0 Å². The number of ether oxygens (including phenoxy) is 1. The summed E-state index contributed by atoms with van der Waals surface area (Å²) in [7, 11) is 1.94. The summed E-state index contributed by atoms with van der Waals surface area (Å²) in [5, 5.41) is 12.3. The number of unbranched alkanes of at least 4 members (excludes halogenated alkanes) is 1. The fraction of sp³-hybridized carbons (Fsp3) is 0.333. The Hall–Kier alpha value is -3.54. The molecule has 0 saturated carbocycles.